The molecule has 3 unspecified atom stereocenters. The van der Waals surface area contributed by atoms with Gasteiger partial charge in [-0.1, -0.05) is 39.8 Å². The smallest absolute Gasteiger partial charge is 0.230 e. The first-order valence-corrected chi connectivity index (χ1v) is 8.57. The van der Waals surface area contributed by atoms with E-state index in [-0.39, 0.29) is 11.5 Å². The Balaban J connectivity index is 2.11. The maximum atomic E-state index is 6.21. The normalized spacial score (nSPS) is 29.9. The summed E-state index contributed by atoms with van der Waals surface area (Å²) in [6.07, 6.45) is 2.07. The topological polar surface area (TPSA) is 64.9 Å². The van der Waals surface area contributed by atoms with E-state index in [0.29, 0.717) is 17.1 Å². The van der Waals surface area contributed by atoms with Gasteiger partial charge in [0.2, 0.25) is 5.89 Å². The fourth-order valence-corrected chi connectivity index (χ4v) is 3.60. The average molecular weight is 297 g/mol. The lowest BCUT2D eigenvalue weighted by atomic mass is 9.61. The highest BCUT2D eigenvalue weighted by Gasteiger charge is 2.44. The van der Waals surface area contributed by atoms with Gasteiger partial charge in [0.05, 0.1) is 5.75 Å². The Morgan fingerprint density at radius 1 is 1.40 bits per heavy atom. The van der Waals surface area contributed by atoms with Gasteiger partial charge in [0.25, 0.3) is 0 Å². The summed E-state index contributed by atoms with van der Waals surface area (Å²) in [7, 11) is 0. The van der Waals surface area contributed by atoms with Crippen LogP contribution in [-0.4, -0.2) is 21.4 Å². The Labute approximate surface area is 126 Å². The van der Waals surface area contributed by atoms with Crippen LogP contribution in [0.2, 0.25) is 0 Å². The van der Waals surface area contributed by atoms with E-state index >= 15 is 0 Å². The molecule has 0 saturated heterocycles. The lowest BCUT2D eigenvalue weighted by Gasteiger charge is -2.45. The molecule has 0 aliphatic heterocycles. The average Bonchev–Trinajstić information content (AvgIpc) is 2.82. The molecule has 1 aliphatic rings. The minimum atomic E-state index is 0.104. The molecule has 2 N–H and O–H groups in total. The first kappa shape index (κ1) is 15.8. The van der Waals surface area contributed by atoms with Crippen molar-refractivity contribution in [3.05, 3.63) is 11.7 Å². The number of nitrogens with two attached hydrogens (primary N) is 1. The molecule has 4 nitrogen and oxygen atoms in total. The van der Waals surface area contributed by atoms with Crippen LogP contribution in [-0.2, 0) is 5.75 Å². The number of rotatable bonds is 4. The van der Waals surface area contributed by atoms with Crippen molar-refractivity contribution in [3.8, 4) is 0 Å². The second kappa shape index (κ2) is 6.06. The summed E-state index contributed by atoms with van der Waals surface area (Å²) in [5.74, 6) is 3.22. The van der Waals surface area contributed by atoms with E-state index in [1.807, 2.05) is 11.8 Å². The first-order chi connectivity index (χ1) is 9.32. The molecule has 5 heteroatoms. The monoisotopic (exact) mass is 297 g/mol. The zero-order valence-corrected chi connectivity index (χ0v) is 14.0. The fourth-order valence-electron chi connectivity index (χ4n) is 3.00. The van der Waals surface area contributed by atoms with Gasteiger partial charge in [0.1, 0.15) is 0 Å². The third-order valence-corrected chi connectivity index (χ3v) is 5.92. The fraction of sp³-hybridized carbons (Fsp3) is 0.867. The SMILES string of the molecule is CC(C)SCc1noc(C2CCC(N)C(C)C2(C)C)n1. The summed E-state index contributed by atoms with van der Waals surface area (Å²) in [4.78, 5) is 4.62. The molecule has 2 rings (SSSR count). The predicted octanol–water partition coefficient (Wildman–Crippen LogP) is 3.58. The third kappa shape index (κ3) is 3.19. The summed E-state index contributed by atoms with van der Waals surface area (Å²) < 4.78 is 5.54. The molecule has 1 saturated carbocycles. The molecule has 0 aromatic carbocycles. The van der Waals surface area contributed by atoms with Gasteiger partial charge in [-0.25, -0.2) is 0 Å². The molecule has 1 aromatic heterocycles. The summed E-state index contributed by atoms with van der Waals surface area (Å²) in [5.41, 5.74) is 6.31. The highest BCUT2D eigenvalue weighted by atomic mass is 32.2. The minimum absolute atomic E-state index is 0.104. The van der Waals surface area contributed by atoms with Crippen LogP contribution in [0.4, 0.5) is 0 Å². The third-order valence-electron chi connectivity index (χ3n) is 4.83. The second-order valence-electron chi connectivity index (χ2n) is 6.81. The van der Waals surface area contributed by atoms with Gasteiger partial charge in [0, 0.05) is 12.0 Å². The Kier molecular flexibility index (Phi) is 4.80. The Bertz CT molecular complexity index is 444. The van der Waals surface area contributed by atoms with Gasteiger partial charge in [-0.15, -0.1) is 0 Å². The molecule has 1 aliphatic carbocycles. The zero-order valence-electron chi connectivity index (χ0n) is 13.2. The van der Waals surface area contributed by atoms with Crippen molar-refractivity contribution in [1.82, 2.24) is 10.1 Å². The highest BCUT2D eigenvalue weighted by molar-refractivity contribution is 7.99. The molecular formula is C15H27N3OS. The number of thioether (sulfide) groups is 1. The van der Waals surface area contributed by atoms with Crippen LogP contribution < -0.4 is 5.73 Å². The molecule has 3 atom stereocenters. The lowest BCUT2D eigenvalue weighted by Crippen LogP contribution is -2.45. The van der Waals surface area contributed by atoms with Crippen LogP contribution in [0.5, 0.6) is 0 Å². The van der Waals surface area contributed by atoms with Crippen LogP contribution in [0.15, 0.2) is 4.52 Å². The quantitative estimate of drug-likeness (QED) is 0.920. The van der Waals surface area contributed by atoms with Crippen LogP contribution in [0.25, 0.3) is 0 Å². The molecular weight excluding hydrogens is 270 g/mol. The zero-order chi connectivity index (χ0) is 14.9. The lowest BCUT2D eigenvalue weighted by molar-refractivity contribution is 0.0806. The maximum absolute atomic E-state index is 6.21. The maximum Gasteiger partial charge on any atom is 0.230 e. The van der Waals surface area contributed by atoms with Crippen molar-refractivity contribution >= 4 is 11.8 Å². The van der Waals surface area contributed by atoms with E-state index in [1.54, 1.807) is 0 Å². The van der Waals surface area contributed by atoms with E-state index in [4.69, 9.17) is 10.3 Å². The summed E-state index contributed by atoms with van der Waals surface area (Å²) in [6, 6.07) is 0.278. The van der Waals surface area contributed by atoms with E-state index in [0.717, 1.165) is 30.3 Å². The van der Waals surface area contributed by atoms with Gasteiger partial charge in [-0.2, -0.15) is 16.7 Å². The Morgan fingerprint density at radius 3 is 2.75 bits per heavy atom. The Hall–Kier alpha value is -0.550. The van der Waals surface area contributed by atoms with Gasteiger partial charge >= 0.3 is 0 Å². The van der Waals surface area contributed by atoms with E-state index in [2.05, 4.69) is 44.8 Å². The summed E-state index contributed by atoms with van der Waals surface area (Å²) in [6.45, 7) is 11.1. The van der Waals surface area contributed by atoms with Crippen molar-refractivity contribution in [2.75, 3.05) is 0 Å². The van der Waals surface area contributed by atoms with Crippen molar-refractivity contribution in [3.63, 3.8) is 0 Å². The van der Waals surface area contributed by atoms with Crippen molar-refractivity contribution in [2.24, 2.45) is 17.1 Å². The number of aromatic nitrogens is 2. The van der Waals surface area contributed by atoms with Crippen LogP contribution in [0, 0.1) is 11.3 Å². The van der Waals surface area contributed by atoms with Crippen molar-refractivity contribution in [2.45, 2.75) is 70.4 Å². The number of hydrogen-bond donors (Lipinski definition) is 1. The standard InChI is InChI=1S/C15H27N3OS/c1-9(2)20-8-13-17-14(19-18-13)11-6-7-12(16)10(3)15(11,4)5/h9-12H,6-8,16H2,1-5H3. The van der Waals surface area contributed by atoms with Gasteiger partial charge in [-0.3, -0.25) is 0 Å². The van der Waals surface area contributed by atoms with Gasteiger partial charge < -0.3 is 10.3 Å². The molecule has 20 heavy (non-hydrogen) atoms. The summed E-state index contributed by atoms with van der Waals surface area (Å²) >= 11 is 1.84. The minimum Gasteiger partial charge on any atom is -0.339 e. The highest BCUT2D eigenvalue weighted by Crippen LogP contribution is 2.49. The van der Waals surface area contributed by atoms with Crippen LogP contribution in [0.3, 0.4) is 0 Å². The largest absolute Gasteiger partial charge is 0.339 e. The number of hydrogen-bond acceptors (Lipinski definition) is 5. The van der Waals surface area contributed by atoms with E-state index in [9.17, 15) is 0 Å². The van der Waals surface area contributed by atoms with Crippen LogP contribution in [0.1, 0.15) is 65.1 Å². The first-order valence-electron chi connectivity index (χ1n) is 7.52. The molecule has 1 fully saturated rings. The molecule has 1 aromatic rings. The van der Waals surface area contributed by atoms with Crippen LogP contribution >= 0.6 is 11.8 Å². The predicted molar refractivity (Wildman–Crippen MR) is 83.6 cm³/mol. The molecule has 0 bridgehead atoms. The number of nitrogens with zero attached hydrogens (tertiary/aromatic N) is 2. The van der Waals surface area contributed by atoms with E-state index < -0.39 is 0 Å². The molecule has 1 heterocycles. The van der Waals surface area contributed by atoms with Gasteiger partial charge in [-0.05, 0) is 29.4 Å². The van der Waals surface area contributed by atoms with Crippen molar-refractivity contribution in [1.29, 1.82) is 0 Å². The molecule has 0 amide bonds. The van der Waals surface area contributed by atoms with Gasteiger partial charge in [0.15, 0.2) is 5.82 Å². The molecule has 114 valence electrons. The van der Waals surface area contributed by atoms with E-state index in [1.165, 1.54) is 0 Å². The molecule has 0 spiro atoms. The van der Waals surface area contributed by atoms with Crippen molar-refractivity contribution < 1.29 is 4.52 Å². The second-order valence-corrected chi connectivity index (χ2v) is 8.38. The molecule has 0 radical (unpaired) electrons. The Morgan fingerprint density at radius 2 is 2.10 bits per heavy atom. The summed E-state index contributed by atoms with van der Waals surface area (Å²) in [5, 5.41) is 4.72.